The minimum atomic E-state index is -0.377. The summed E-state index contributed by atoms with van der Waals surface area (Å²) in [6.45, 7) is 2.67. The average Bonchev–Trinajstić information content (AvgIpc) is 2.23. The molecule has 0 spiro atoms. The number of halogens is 1. The Morgan fingerprint density at radius 3 is 3.00 bits per heavy atom. The first-order valence-corrected chi connectivity index (χ1v) is 4.71. The maximum atomic E-state index is 12.8. The van der Waals surface area contributed by atoms with E-state index >= 15 is 0 Å². The second-order valence-electron chi connectivity index (χ2n) is 3.43. The van der Waals surface area contributed by atoms with Crippen molar-refractivity contribution in [3.05, 3.63) is 29.6 Å². The Hall–Kier alpha value is -1.60. The van der Waals surface area contributed by atoms with E-state index in [9.17, 15) is 9.50 Å². The molecule has 0 bridgehead atoms. The molecule has 0 aromatic heterocycles. The standard InChI is InChI=1S/C11H13FN2O/c1-8(5-13)6-14-7-9-4-10(12)2-3-11(9)15/h2-4,8,14-15H,6-7H2,1H3. The summed E-state index contributed by atoms with van der Waals surface area (Å²) >= 11 is 0. The normalized spacial score (nSPS) is 12.1. The van der Waals surface area contributed by atoms with Crippen LogP contribution in [-0.4, -0.2) is 11.7 Å². The molecule has 0 saturated carbocycles. The van der Waals surface area contributed by atoms with Gasteiger partial charge >= 0.3 is 0 Å². The molecule has 0 aliphatic carbocycles. The van der Waals surface area contributed by atoms with Crippen LogP contribution in [0.25, 0.3) is 0 Å². The second-order valence-corrected chi connectivity index (χ2v) is 3.43. The third-order valence-electron chi connectivity index (χ3n) is 2.03. The molecular weight excluding hydrogens is 195 g/mol. The van der Waals surface area contributed by atoms with Gasteiger partial charge in [-0.05, 0) is 25.1 Å². The number of nitriles is 1. The summed E-state index contributed by atoms with van der Waals surface area (Å²) in [5, 5.41) is 20.9. The molecule has 15 heavy (non-hydrogen) atoms. The molecule has 80 valence electrons. The number of benzene rings is 1. The first-order chi connectivity index (χ1) is 7.13. The molecule has 0 aliphatic rings. The van der Waals surface area contributed by atoms with Gasteiger partial charge in [-0.3, -0.25) is 0 Å². The van der Waals surface area contributed by atoms with E-state index in [-0.39, 0.29) is 17.5 Å². The highest BCUT2D eigenvalue weighted by Crippen LogP contribution is 2.17. The van der Waals surface area contributed by atoms with Crippen LogP contribution in [0, 0.1) is 23.1 Å². The Kier molecular flexibility index (Phi) is 4.07. The number of nitrogens with one attached hydrogen (secondary N) is 1. The van der Waals surface area contributed by atoms with Crippen molar-refractivity contribution in [2.24, 2.45) is 5.92 Å². The summed E-state index contributed by atoms with van der Waals surface area (Å²) < 4.78 is 12.8. The third-order valence-corrected chi connectivity index (χ3v) is 2.03. The molecule has 0 radical (unpaired) electrons. The van der Waals surface area contributed by atoms with E-state index in [1.54, 1.807) is 6.92 Å². The van der Waals surface area contributed by atoms with Gasteiger partial charge < -0.3 is 10.4 Å². The molecule has 1 rings (SSSR count). The van der Waals surface area contributed by atoms with Gasteiger partial charge in [0.1, 0.15) is 11.6 Å². The highest BCUT2D eigenvalue weighted by molar-refractivity contribution is 5.32. The highest BCUT2D eigenvalue weighted by atomic mass is 19.1. The molecule has 0 aliphatic heterocycles. The molecule has 0 fully saturated rings. The van der Waals surface area contributed by atoms with Crippen LogP contribution in [-0.2, 0) is 6.54 Å². The van der Waals surface area contributed by atoms with E-state index in [0.29, 0.717) is 18.7 Å². The molecular formula is C11H13FN2O. The number of hydrogen-bond donors (Lipinski definition) is 2. The van der Waals surface area contributed by atoms with Crippen LogP contribution in [0.15, 0.2) is 18.2 Å². The van der Waals surface area contributed by atoms with Gasteiger partial charge in [0, 0.05) is 18.7 Å². The number of hydrogen-bond acceptors (Lipinski definition) is 3. The summed E-state index contributed by atoms with van der Waals surface area (Å²) in [5.74, 6) is -0.410. The third kappa shape index (κ3) is 3.56. The smallest absolute Gasteiger partial charge is 0.123 e. The maximum absolute atomic E-state index is 12.8. The molecule has 0 amide bonds. The SMILES string of the molecule is CC(C#N)CNCc1cc(F)ccc1O. The zero-order valence-corrected chi connectivity index (χ0v) is 8.50. The molecule has 1 aromatic carbocycles. The fourth-order valence-corrected chi connectivity index (χ4v) is 1.16. The van der Waals surface area contributed by atoms with Gasteiger partial charge in [-0.15, -0.1) is 0 Å². The Bertz CT molecular complexity index is 373. The lowest BCUT2D eigenvalue weighted by molar-refractivity contribution is 0.460. The molecule has 1 atom stereocenters. The number of phenolic OH excluding ortho intramolecular Hbond substituents is 1. The zero-order chi connectivity index (χ0) is 11.3. The summed E-state index contributed by atoms with van der Waals surface area (Å²) in [5.41, 5.74) is 0.500. The number of phenols is 1. The van der Waals surface area contributed by atoms with Gasteiger partial charge in [-0.1, -0.05) is 0 Å². The topological polar surface area (TPSA) is 56.0 Å². The molecule has 1 aromatic rings. The van der Waals surface area contributed by atoms with E-state index in [4.69, 9.17) is 5.26 Å². The molecule has 4 heteroatoms. The van der Waals surface area contributed by atoms with Crippen molar-refractivity contribution in [1.82, 2.24) is 5.32 Å². The van der Waals surface area contributed by atoms with Crippen LogP contribution in [0.5, 0.6) is 5.75 Å². The van der Waals surface area contributed by atoms with Crippen LogP contribution in [0.1, 0.15) is 12.5 Å². The van der Waals surface area contributed by atoms with Gasteiger partial charge in [0.05, 0.1) is 12.0 Å². The van der Waals surface area contributed by atoms with Crippen LogP contribution < -0.4 is 5.32 Å². The fraction of sp³-hybridized carbons (Fsp3) is 0.364. The molecule has 0 heterocycles. The van der Waals surface area contributed by atoms with Crippen molar-refractivity contribution in [2.45, 2.75) is 13.5 Å². The minimum absolute atomic E-state index is 0.0634. The molecule has 0 saturated heterocycles. The lowest BCUT2D eigenvalue weighted by Gasteiger charge is -2.07. The Balaban J connectivity index is 2.51. The van der Waals surface area contributed by atoms with Gasteiger partial charge in [0.15, 0.2) is 0 Å². The van der Waals surface area contributed by atoms with Gasteiger partial charge in [-0.2, -0.15) is 5.26 Å². The number of rotatable bonds is 4. The van der Waals surface area contributed by atoms with E-state index in [1.807, 2.05) is 0 Å². The lowest BCUT2D eigenvalue weighted by atomic mass is 10.1. The summed E-state index contributed by atoms with van der Waals surface area (Å²) in [4.78, 5) is 0. The molecule has 2 N–H and O–H groups in total. The number of aromatic hydroxyl groups is 1. The quantitative estimate of drug-likeness (QED) is 0.793. The van der Waals surface area contributed by atoms with Gasteiger partial charge in [0.25, 0.3) is 0 Å². The van der Waals surface area contributed by atoms with Crippen molar-refractivity contribution in [2.75, 3.05) is 6.54 Å². The summed E-state index contributed by atoms with van der Waals surface area (Å²) in [7, 11) is 0. The molecule has 1 unspecified atom stereocenters. The van der Waals surface area contributed by atoms with Crippen molar-refractivity contribution >= 4 is 0 Å². The molecule has 3 nitrogen and oxygen atoms in total. The van der Waals surface area contributed by atoms with E-state index < -0.39 is 0 Å². The van der Waals surface area contributed by atoms with Gasteiger partial charge in [-0.25, -0.2) is 4.39 Å². The van der Waals surface area contributed by atoms with E-state index in [2.05, 4.69) is 11.4 Å². The first kappa shape index (κ1) is 11.5. The van der Waals surface area contributed by atoms with E-state index in [0.717, 1.165) is 0 Å². The Morgan fingerprint density at radius 2 is 2.33 bits per heavy atom. The van der Waals surface area contributed by atoms with Gasteiger partial charge in [0.2, 0.25) is 0 Å². The van der Waals surface area contributed by atoms with Crippen LogP contribution in [0.4, 0.5) is 4.39 Å². The lowest BCUT2D eigenvalue weighted by Crippen LogP contribution is -2.19. The van der Waals surface area contributed by atoms with Crippen LogP contribution in [0.2, 0.25) is 0 Å². The predicted molar refractivity (Wildman–Crippen MR) is 54.5 cm³/mol. The van der Waals surface area contributed by atoms with E-state index in [1.165, 1.54) is 18.2 Å². The van der Waals surface area contributed by atoms with Crippen molar-refractivity contribution in [1.29, 1.82) is 5.26 Å². The van der Waals surface area contributed by atoms with Crippen LogP contribution >= 0.6 is 0 Å². The summed E-state index contributed by atoms with van der Waals surface area (Å²) in [6, 6.07) is 5.88. The fourth-order valence-electron chi connectivity index (χ4n) is 1.16. The number of nitrogens with zero attached hydrogens (tertiary/aromatic N) is 1. The Morgan fingerprint density at radius 1 is 1.60 bits per heavy atom. The van der Waals surface area contributed by atoms with Crippen molar-refractivity contribution in [3.63, 3.8) is 0 Å². The maximum Gasteiger partial charge on any atom is 0.123 e. The highest BCUT2D eigenvalue weighted by Gasteiger charge is 2.03. The predicted octanol–water partition coefficient (Wildman–Crippen LogP) is 1.78. The second kappa shape index (κ2) is 5.32. The minimum Gasteiger partial charge on any atom is -0.508 e. The van der Waals surface area contributed by atoms with Crippen molar-refractivity contribution in [3.8, 4) is 11.8 Å². The van der Waals surface area contributed by atoms with Crippen molar-refractivity contribution < 1.29 is 9.50 Å². The average molecular weight is 208 g/mol. The summed E-state index contributed by atoms with van der Waals surface area (Å²) in [6.07, 6.45) is 0. The monoisotopic (exact) mass is 208 g/mol. The Labute approximate surface area is 88.2 Å². The largest absolute Gasteiger partial charge is 0.508 e. The first-order valence-electron chi connectivity index (χ1n) is 4.71. The zero-order valence-electron chi connectivity index (χ0n) is 8.50. The van der Waals surface area contributed by atoms with Crippen LogP contribution in [0.3, 0.4) is 0 Å².